The molecule has 0 saturated carbocycles. The van der Waals surface area contributed by atoms with E-state index in [9.17, 15) is 0 Å². The molecule has 0 saturated heterocycles. The summed E-state index contributed by atoms with van der Waals surface area (Å²) in [5.74, 6) is 0. The van der Waals surface area contributed by atoms with Gasteiger partial charge in [-0.1, -0.05) is 30.3 Å². The number of nitrogens with one attached hydrogen (secondary N) is 1. The Morgan fingerprint density at radius 1 is 1.24 bits per heavy atom. The van der Waals surface area contributed by atoms with Gasteiger partial charge in [0.2, 0.25) is 0 Å². The van der Waals surface area contributed by atoms with Gasteiger partial charge in [-0.3, -0.25) is 0 Å². The van der Waals surface area contributed by atoms with Crippen LogP contribution in [0.25, 0.3) is 0 Å². The summed E-state index contributed by atoms with van der Waals surface area (Å²) in [6, 6.07) is 19.1. The lowest BCUT2D eigenvalue weighted by molar-refractivity contribution is 0.552. The van der Waals surface area contributed by atoms with Crippen LogP contribution in [0.3, 0.4) is 0 Å². The zero-order valence-electron chi connectivity index (χ0n) is 12.2. The van der Waals surface area contributed by atoms with Crippen LogP contribution in [0.2, 0.25) is 0 Å². The van der Waals surface area contributed by atoms with Crippen molar-refractivity contribution in [3.05, 3.63) is 65.2 Å². The molecule has 1 unspecified atom stereocenters. The fraction of sp³-hybridized carbons (Fsp3) is 0.278. The van der Waals surface area contributed by atoms with Crippen molar-refractivity contribution in [3.8, 4) is 6.07 Å². The normalized spacial score (nSPS) is 17.7. The molecule has 0 radical (unpaired) electrons. The van der Waals surface area contributed by atoms with Crippen LogP contribution in [0.15, 0.2) is 48.5 Å². The van der Waals surface area contributed by atoms with Crippen molar-refractivity contribution in [3.63, 3.8) is 0 Å². The van der Waals surface area contributed by atoms with Crippen LogP contribution in [0.4, 0.5) is 5.69 Å². The Morgan fingerprint density at radius 2 is 2.10 bits per heavy atom. The molecular formula is C18H19N3. The molecule has 0 amide bonds. The topological polar surface area (TPSA) is 39.1 Å². The maximum absolute atomic E-state index is 9.04. The molecule has 1 atom stereocenters. The highest BCUT2D eigenvalue weighted by Crippen LogP contribution is 2.25. The van der Waals surface area contributed by atoms with Crippen molar-refractivity contribution in [2.75, 3.05) is 11.4 Å². The van der Waals surface area contributed by atoms with Gasteiger partial charge in [0.15, 0.2) is 0 Å². The van der Waals surface area contributed by atoms with Crippen LogP contribution in [0, 0.1) is 11.3 Å². The largest absolute Gasteiger partial charge is 0.365 e. The summed E-state index contributed by atoms with van der Waals surface area (Å²) in [5.41, 5.74) is 4.52. The molecule has 3 nitrogen and oxygen atoms in total. The first-order valence-corrected chi connectivity index (χ1v) is 7.31. The van der Waals surface area contributed by atoms with Crippen molar-refractivity contribution in [1.82, 2.24) is 5.32 Å². The summed E-state index contributed by atoms with van der Waals surface area (Å²) < 4.78 is 0. The molecule has 3 heteroatoms. The molecule has 21 heavy (non-hydrogen) atoms. The molecule has 1 heterocycles. The number of para-hydroxylation sites is 1. The van der Waals surface area contributed by atoms with Gasteiger partial charge in [0.05, 0.1) is 11.6 Å². The van der Waals surface area contributed by atoms with Crippen molar-refractivity contribution >= 4 is 5.69 Å². The molecule has 1 aliphatic heterocycles. The number of benzene rings is 2. The van der Waals surface area contributed by atoms with E-state index in [2.05, 4.69) is 53.5 Å². The lowest BCUT2D eigenvalue weighted by atomic mass is 10.1. The number of nitrogens with zero attached hydrogens (tertiary/aromatic N) is 2. The number of nitriles is 1. The summed E-state index contributed by atoms with van der Waals surface area (Å²) in [6.07, 6.45) is 0. The molecule has 2 aromatic carbocycles. The Hall–Kier alpha value is -2.31. The van der Waals surface area contributed by atoms with Gasteiger partial charge in [0.1, 0.15) is 0 Å². The molecule has 1 N–H and O–H groups in total. The summed E-state index contributed by atoms with van der Waals surface area (Å²) in [4.78, 5) is 2.40. The Bertz CT molecular complexity index is 672. The molecule has 3 rings (SSSR count). The van der Waals surface area contributed by atoms with Gasteiger partial charge in [0, 0.05) is 31.4 Å². The van der Waals surface area contributed by atoms with Gasteiger partial charge in [-0.15, -0.1) is 0 Å². The Balaban J connectivity index is 1.91. The molecule has 0 aromatic heterocycles. The molecule has 1 aliphatic rings. The zero-order chi connectivity index (χ0) is 14.7. The van der Waals surface area contributed by atoms with Gasteiger partial charge in [-0.25, -0.2) is 0 Å². The molecule has 0 fully saturated rings. The molecular weight excluding hydrogens is 258 g/mol. The second-order valence-corrected chi connectivity index (χ2v) is 5.60. The van der Waals surface area contributed by atoms with Crippen LogP contribution < -0.4 is 10.2 Å². The van der Waals surface area contributed by atoms with E-state index in [-0.39, 0.29) is 0 Å². The van der Waals surface area contributed by atoms with Crippen LogP contribution in [-0.2, 0) is 13.1 Å². The maximum Gasteiger partial charge on any atom is 0.0991 e. The number of hydrogen-bond acceptors (Lipinski definition) is 3. The Morgan fingerprint density at radius 3 is 2.95 bits per heavy atom. The third kappa shape index (κ3) is 3.07. The third-order valence-corrected chi connectivity index (χ3v) is 3.90. The van der Waals surface area contributed by atoms with Gasteiger partial charge in [0.25, 0.3) is 0 Å². The molecule has 0 bridgehead atoms. The van der Waals surface area contributed by atoms with E-state index < -0.39 is 0 Å². The van der Waals surface area contributed by atoms with E-state index in [0.717, 1.165) is 25.2 Å². The van der Waals surface area contributed by atoms with Crippen LogP contribution in [0.5, 0.6) is 0 Å². The van der Waals surface area contributed by atoms with Crippen LogP contribution >= 0.6 is 0 Å². The Labute approximate surface area is 125 Å². The minimum absolute atomic E-state index is 0.441. The highest BCUT2D eigenvalue weighted by atomic mass is 15.2. The molecule has 106 valence electrons. The van der Waals surface area contributed by atoms with E-state index in [4.69, 9.17) is 5.26 Å². The first-order valence-electron chi connectivity index (χ1n) is 7.31. The summed E-state index contributed by atoms with van der Waals surface area (Å²) in [5, 5.41) is 12.6. The number of rotatable bonds is 2. The second kappa shape index (κ2) is 5.99. The average Bonchev–Trinajstić information content (AvgIpc) is 2.67. The maximum atomic E-state index is 9.04. The minimum atomic E-state index is 0.441. The fourth-order valence-corrected chi connectivity index (χ4v) is 2.86. The van der Waals surface area contributed by atoms with Crippen molar-refractivity contribution < 1.29 is 0 Å². The molecule has 0 aliphatic carbocycles. The van der Waals surface area contributed by atoms with E-state index in [1.54, 1.807) is 0 Å². The van der Waals surface area contributed by atoms with E-state index in [1.165, 1.54) is 16.8 Å². The zero-order valence-corrected chi connectivity index (χ0v) is 12.2. The van der Waals surface area contributed by atoms with Crippen molar-refractivity contribution in [2.24, 2.45) is 0 Å². The number of fused-ring (bicyclic) bond motifs is 1. The first kappa shape index (κ1) is 13.7. The number of hydrogen-bond donors (Lipinski definition) is 1. The van der Waals surface area contributed by atoms with Crippen molar-refractivity contribution in [2.45, 2.75) is 26.1 Å². The second-order valence-electron chi connectivity index (χ2n) is 5.60. The van der Waals surface area contributed by atoms with Crippen LogP contribution in [0.1, 0.15) is 23.6 Å². The highest BCUT2D eigenvalue weighted by Gasteiger charge is 2.18. The average molecular weight is 277 g/mol. The standard InChI is InChI=1S/C18H19N3/c1-14-12-21(13-16-6-4-5-15(9-16)10-19)18-8-3-2-7-17(18)11-20-14/h2-9,14,20H,11-13H2,1H3. The monoisotopic (exact) mass is 277 g/mol. The smallest absolute Gasteiger partial charge is 0.0991 e. The van der Waals surface area contributed by atoms with E-state index >= 15 is 0 Å². The summed E-state index contributed by atoms with van der Waals surface area (Å²) in [7, 11) is 0. The first-order chi connectivity index (χ1) is 10.3. The third-order valence-electron chi connectivity index (χ3n) is 3.90. The SMILES string of the molecule is CC1CN(Cc2cccc(C#N)c2)c2ccccc2CN1. The highest BCUT2D eigenvalue weighted by molar-refractivity contribution is 5.55. The quantitative estimate of drug-likeness (QED) is 0.917. The van der Waals surface area contributed by atoms with Crippen molar-refractivity contribution in [1.29, 1.82) is 5.26 Å². The summed E-state index contributed by atoms with van der Waals surface area (Å²) >= 11 is 0. The van der Waals surface area contributed by atoms with Gasteiger partial charge >= 0.3 is 0 Å². The molecule has 0 spiro atoms. The fourth-order valence-electron chi connectivity index (χ4n) is 2.86. The lowest BCUT2D eigenvalue weighted by Crippen LogP contribution is -2.35. The predicted octanol–water partition coefficient (Wildman–Crippen LogP) is 3.06. The number of anilines is 1. The molecule has 2 aromatic rings. The van der Waals surface area contributed by atoms with Crippen LogP contribution in [-0.4, -0.2) is 12.6 Å². The van der Waals surface area contributed by atoms with Gasteiger partial charge in [-0.05, 0) is 36.2 Å². The van der Waals surface area contributed by atoms with E-state index in [1.807, 2.05) is 18.2 Å². The summed E-state index contributed by atoms with van der Waals surface area (Å²) in [6.45, 7) is 4.92. The van der Waals surface area contributed by atoms with E-state index in [0.29, 0.717) is 6.04 Å². The minimum Gasteiger partial charge on any atom is -0.365 e. The van der Waals surface area contributed by atoms with Gasteiger partial charge < -0.3 is 10.2 Å². The van der Waals surface area contributed by atoms with Gasteiger partial charge in [-0.2, -0.15) is 5.26 Å². The lowest BCUT2D eigenvalue weighted by Gasteiger charge is -2.26. The Kier molecular flexibility index (Phi) is 3.89. The predicted molar refractivity (Wildman–Crippen MR) is 85.0 cm³/mol.